The second-order valence-corrected chi connectivity index (χ2v) is 7.16. The van der Waals surface area contributed by atoms with Crippen molar-refractivity contribution in [1.82, 2.24) is 4.90 Å². The third-order valence-corrected chi connectivity index (χ3v) is 4.76. The Morgan fingerprint density at radius 2 is 1.67 bits per heavy atom. The number of hydrogen-bond acceptors (Lipinski definition) is 6. The van der Waals surface area contributed by atoms with E-state index in [1.807, 2.05) is 32.0 Å². The maximum absolute atomic E-state index is 13.1. The fourth-order valence-corrected chi connectivity index (χ4v) is 3.47. The fraction of sp³-hybridized carbons (Fsp3) is 0.273. The molecule has 156 valence electrons. The Bertz CT molecular complexity index is 1010. The van der Waals surface area contributed by atoms with Gasteiger partial charge in [-0.25, -0.2) is 0 Å². The SMILES string of the molecule is COCCCN1C(=O)C(Nc2cc(C)cc(C)c2)=C(c2ccc([N+](=O)[O-])cc2)C1=O. The summed E-state index contributed by atoms with van der Waals surface area (Å²) in [4.78, 5) is 37.8. The van der Waals surface area contributed by atoms with Crippen molar-refractivity contribution in [2.24, 2.45) is 0 Å². The average molecular weight is 409 g/mol. The Morgan fingerprint density at radius 1 is 1.03 bits per heavy atom. The zero-order valence-electron chi connectivity index (χ0n) is 17.1. The van der Waals surface area contributed by atoms with Gasteiger partial charge in [-0.05, 0) is 61.2 Å². The number of nitro groups is 1. The van der Waals surface area contributed by atoms with Gasteiger partial charge >= 0.3 is 0 Å². The number of carbonyl (C=O) groups excluding carboxylic acids is 2. The maximum atomic E-state index is 13.1. The largest absolute Gasteiger partial charge is 0.385 e. The van der Waals surface area contributed by atoms with Crippen LogP contribution in [0.3, 0.4) is 0 Å². The van der Waals surface area contributed by atoms with Gasteiger partial charge in [-0.1, -0.05) is 6.07 Å². The average Bonchev–Trinajstić information content (AvgIpc) is 2.91. The Morgan fingerprint density at radius 3 is 2.23 bits per heavy atom. The Hall–Kier alpha value is -3.52. The number of nitro benzene ring substituents is 1. The summed E-state index contributed by atoms with van der Waals surface area (Å²) in [6.07, 6.45) is 0.512. The summed E-state index contributed by atoms with van der Waals surface area (Å²) < 4.78 is 5.03. The third kappa shape index (κ3) is 4.38. The first-order chi connectivity index (χ1) is 14.3. The van der Waals surface area contributed by atoms with Gasteiger partial charge in [0.05, 0.1) is 10.5 Å². The molecule has 2 aromatic carbocycles. The number of ether oxygens (including phenoxy) is 1. The van der Waals surface area contributed by atoms with E-state index >= 15 is 0 Å². The van der Waals surface area contributed by atoms with Gasteiger partial charge in [-0.3, -0.25) is 24.6 Å². The van der Waals surface area contributed by atoms with Crippen LogP contribution in [0.5, 0.6) is 0 Å². The van der Waals surface area contributed by atoms with Crippen LogP contribution in [0.15, 0.2) is 48.2 Å². The molecule has 8 heteroatoms. The van der Waals surface area contributed by atoms with Gasteiger partial charge in [-0.2, -0.15) is 0 Å². The van der Waals surface area contributed by atoms with Crippen LogP contribution in [-0.2, 0) is 14.3 Å². The van der Waals surface area contributed by atoms with Crippen LogP contribution in [0, 0.1) is 24.0 Å². The van der Waals surface area contributed by atoms with Gasteiger partial charge in [0.1, 0.15) is 5.70 Å². The van der Waals surface area contributed by atoms with Gasteiger partial charge in [0.15, 0.2) is 0 Å². The molecule has 30 heavy (non-hydrogen) atoms. The quantitative estimate of drug-likeness (QED) is 0.310. The van der Waals surface area contributed by atoms with Crippen molar-refractivity contribution in [3.05, 3.63) is 75.0 Å². The molecule has 0 saturated heterocycles. The highest BCUT2D eigenvalue weighted by Gasteiger charge is 2.39. The zero-order chi connectivity index (χ0) is 21.8. The number of rotatable bonds is 8. The highest BCUT2D eigenvalue weighted by atomic mass is 16.6. The molecule has 0 aromatic heterocycles. The van der Waals surface area contributed by atoms with E-state index in [1.165, 1.54) is 29.2 Å². The van der Waals surface area contributed by atoms with Gasteiger partial charge in [-0.15, -0.1) is 0 Å². The van der Waals surface area contributed by atoms with Crippen LogP contribution >= 0.6 is 0 Å². The first kappa shape index (κ1) is 21.2. The van der Waals surface area contributed by atoms with E-state index < -0.39 is 16.7 Å². The molecule has 0 spiro atoms. The number of methoxy groups -OCH3 is 1. The highest BCUT2D eigenvalue weighted by Crippen LogP contribution is 2.32. The Kier molecular flexibility index (Phi) is 6.27. The lowest BCUT2D eigenvalue weighted by Crippen LogP contribution is -2.33. The predicted octanol–water partition coefficient (Wildman–Crippen LogP) is 3.44. The number of amides is 2. The van der Waals surface area contributed by atoms with E-state index in [-0.39, 0.29) is 23.5 Å². The van der Waals surface area contributed by atoms with E-state index in [0.29, 0.717) is 24.3 Å². The lowest BCUT2D eigenvalue weighted by atomic mass is 10.0. The molecule has 1 aliphatic rings. The lowest BCUT2D eigenvalue weighted by molar-refractivity contribution is -0.384. The van der Waals surface area contributed by atoms with Crippen LogP contribution < -0.4 is 5.32 Å². The van der Waals surface area contributed by atoms with E-state index in [4.69, 9.17) is 4.74 Å². The van der Waals surface area contributed by atoms with Crippen LogP contribution in [-0.4, -0.2) is 41.9 Å². The number of nitrogens with zero attached hydrogens (tertiary/aromatic N) is 2. The van der Waals surface area contributed by atoms with Crippen LogP contribution in [0.1, 0.15) is 23.1 Å². The molecule has 8 nitrogen and oxygen atoms in total. The number of carbonyl (C=O) groups is 2. The molecular weight excluding hydrogens is 386 g/mol. The van der Waals surface area contributed by atoms with Crippen molar-refractivity contribution in [2.45, 2.75) is 20.3 Å². The maximum Gasteiger partial charge on any atom is 0.278 e. The third-order valence-electron chi connectivity index (χ3n) is 4.76. The second-order valence-electron chi connectivity index (χ2n) is 7.16. The van der Waals surface area contributed by atoms with Gasteiger partial charge < -0.3 is 10.1 Å². The van der Waals surface area contributed by atoms with Crippen molar-refractivity contribution in [2.75, 3.05) is 25.6 Å². The molecule has 1 N–H and O–H groups in total. The van der Waals surface area contributed by atoms with Crippen molar-refractivity contribution in [3.8, 4) is 0 Å². The predicted molar refractivity (Wildman–Crippen MR) is 113 cm³/mol. The fourth-order valence-electron chi connectivity index (χ4n) is 3.47. The van der Waals surface area contributed by atoms with E-state index in [1.54, 1.807) is 7.11 Å². The monoisotopic (exact) mass is 409 g/mol. The molecule has 0 fully saturated rings. The molecular formula is C22H23N3O5. The van der Waals surface area contributed by atoms with Gasteiger partial charge in [0.2, 0.25) is 0 Å². The molecule has 0 bridgehead atoms. The summed E-state index contributed by atoms with van der Waals surface area (Å²) in [7, 11) is 1.56. The molecule has 1 heterocycles. The minimum atomic E-state index is -0.508. The normalized spacial score (nSPS) is 13.9. The van der Waals surface area contributed by atoms with Crippen LogP contribution in [0.25, 0.3) is 5.57 Å². The first-order valence-corrected chi connectivity index (χ1v) is 9.51. The zero-order valence-corrected chi connectivity index (χ0v) is 17.1. The molecule has 1 aliphatic heterocycles. The van der Waals surface area contributed by atoms with E-state index in [9.17, 15) is 19.7 Å². The molecule has 0 saturated carbocycles. The minimum Gasteiger partial charge on any atom is -0.385 e. The molecule has 0 radical (unpaired) electrons. The number of nitrogens with one attached hydrogen (secondary N) is 1. The van der Waals surface area contributed by atoms with Crippen LogP contribution in [0.4, 0.5) is 11.4 Å². The summed E-state index contributed by atoms with van der Waals surface area (Å²) in [6.45, 7) is 4.54. The molecule has 0 atom stereocenters. The number of aryl methyl sites for hydroxylation is 2. The van der Waals surface area contributed by atoms with Crippen molar-refractivity contribution in [1.29, 1.82) is 0 Å². The molecule has 0 aliphatic carbocycles. The number of hydrogen-bond donors (Lipinski definition) is 1. The molecule has 2 aromatic rings. The van der Waals surface area contributed by atoms with Crippen LogP contribution in [0.2, 0.25) is 0 Å². The number of benzene rings is 2. The standard InChI is InChI=1S/C22H23N3O5/c1-14-11-15(2)13-17(12-14)23-20-19(16-5-7-18(8-6-16)25(28)29)21(26)24(22(20)27)9-4-10-30-3/h5-8,11-13,23H,4,9-10H2,1-3H3. The summed E-state index contributed by atoms with van der Waals surface area (Å²) in [5.41, 5.74) is 3.45. The second kappa shape index (κ2) is 8.87. The minimum absolute atomic E-state index is 0.0862. The number of imide groups is 1. The highest BCUT2D eigenvalue weighted by molar-refractivity contribution is 6.36. The summed E-state index contributed by atoms with van der Waals surface area (Å²) >= 11 is 0. The van der Waals surface area contributed by atoms with Gasteiger partial charge in [0.25, 0.3) is 17.5 Å². The summed E-state index contributed by atoms with van der Waals surface area (Å²) in [5.74, 6) is -0.861. The van der Waals surface area contributed by atoms with Crippen molar-refractivity contribution >= 4 is 28.8 Å². The van der Waals surface area contributed by atoms with Crippen molar-refractivity contribution in [3.63, 3.8) is 0 Å². The summed E-state index contributed by atoms with van der Waals surface area (Å²) in [6, 6.07) is 11.4. The van der Waals surface area contributed by atoms with Crippen molar-refractivity contribution < 1.29 is 19.2 Å². The number of anilines is 1. The Balaban J connectivity index is 2.02. The van der Waals surface area contributed by atoms with Gasteiger partial charge in [0, 0.05) is 38.1 Å². The lowest BCUT2D eigenvalue weighted by Gasteiger charge is -2.15. The van der Waals surface area contributed by atoms with E-state index in [2.05, 4.69) is 5.32 Å². The first-order valence-electron chi connectivity index (χ1n) is 9.51. The topological polar surface area (TPSA) is 102 Å². The Labute approximate surface area is 174 Å². The van der Waals surface area contributed by atoms with E-state index in [0.717, 1.165) is 11.1 Å². The molecule has 3 rings (SSSR count). The molecule has 2 amide bonds. The summed E-state index contributed by atoms with van der Waals surface area (Å²) in [5, 5.41) is 14.1. The molecule has 0 unspecified atom stereocenters. The number of non-ortho nitro benzene ring substituents is 1. The smallest absolute Gasteiger partial charge is 0.278 e.